The van der Waals surface area contributed by atoms with Crippen molar-refractivity contribution in [3.63, 3.8) is 0 Å². The van der Waals surface area contributed by atoms with E-state index in [4.69, 9.17) is 9.47 Å². The molecule has 0 saturated carbocycles. The maximum absolute atomic E-state index is 11.3. The lowest BCUT2D eigenvalue weighted by Crippen LogP contribution is -2.05. The van der Waals surface area contributed by atoms with Gasteiger partial charge in [-0.3, -0.25) is 0 Å². The Hall–Kier alpha value is -2.75. The third kappa shape index (κ3) is 3.38. The van der Waals surface area contributed by atoms with Crippen LogP contribution in [0.25, 0.3) is 0 Å². The number of rotatable bonds is 5. The van der Waals surface area contributed by atoms with Crippen LogP contribution in [0.15, 0.2) is 61.2 Å². The first-order valence-electron chi connectivity index (χ1n) is 6.03. The van der Waals surface area contributed by atoms with Gasteiger partial charge in [-0.25, -0.2) is 4.79 Å². The summed E-state index contributed by atoms with van der Waals surface area (Å²) in [5, 5.41) is 9.74. The predicted molar refractivity (Wildman–Crippen MR) is 74.7 cm³/mol. The second-order valence-electron chi connectivity index (χ2n) is 4.00. The molecule has 0 aromatic heterocycles. The molecule has 4 nitrogen and oxygen atoms in total. The quantitative estimate of drug-likeness (QED) is 0.515. The molecule has 0 bridgehead atoms. The predicted octanol–water partition coefficient (Wildman–Crippen LogP) is 3.06. The minimum absolute atomic E-state index is 0.00617. The lowest BCUT2D eigenvalue weighted by Gasteiger charge is -2.12. The molecule has 0 heterocycles. The summed E-state index contributed by atoms with van der Waals surface area (Å²) in [6.07, 6.45) is 1.02. The van der Waals surface area contributed by atoms with Gasteiger partial charge in [0.25, 0.3) is 0 Å². The third-order valence-electron chi connectivity index (χ3n) is 2.56. The number of para-hydroxylation sites is 1. The number of aromatic hydroxyl groups is 1. The molecule has 20 heavy (non-hydrogen) atoms. The van der Waals surface area contributed by atoms with Crippen LogP contribution in [-0.4, -0.2) is 11.1 Å². The van der Waals surface area contributed by atoms with Crippen molar-refractivity contribution in [1.29, 1.82) is 0 Å². The molecule has 2 rings (SSSR count). The number of phenolic OH excluding ortho intramolecular Hbond substituents is 1. The summed E-state index contributed by atoms with van der Waals surface area (Å²) in [6, 6.07) is 14.2. The Kier molecular flexibility index (Phi) is 4.39. The van der Waals surface area contributed by atoms with Gasteiger partial charge < -0.3 is 14.6 Å². The topological polar surface area (TPSA) is 55.8 Å². The van der Waals surface area contributed by atoms with E-state index in [9.17, 15) is 9.90 Å². The van der Waals surface area contributed by atoms with Crippen molar-refractivity contribution in [3.05, 3.63) is 66.7 Å². The second kappa shape index (κ2) is 6.43. The van der Waals surface area contributed by atoms with E-state index < -0.39 is 5.97 Å². The normalized spacial score (nSPS) is 9.80. The molecule has 2 aromatic carbocycles. The first kappa shape index (κ1) is 13.7. The molecule has 0 atom stereocenters. The second-order valence-corrected chi connectivity index (χ2v) is 4.00. The molecular formula is C16H14O4. The smallest absolute Gasteiger partial charge is 0.335 e. The van der Waals surface area contributed by atoms with Crippen molar-refractivity contribution in [2.24, 2.45) is 0 Å². The number of carbonyl (C=O) groups excluding carboxylic acids is 1. The zero-order chi connectivity index (χ0) is 14.4. The van der Waals surface area contributed by atoms with Gasteiger partial charge in [-0.2, -0.15) is 0 Å². The van der Waals surface area contributed by atoms with Gasteiger partial charge >= 0.3 is 5.97 Å². The summed E-state index contributed by atoms with van der Waals surface area (Å²) in [4.78, 5) is 11.3. The molecule has 2 aromatic rings. The fraction of sp³-hybridized carbons (Fsp3) is 0.0625. The molecular weight excluding hydrogens is 256 g/mol. The number of phenols is 1. The molecule has 0 radical (unpaired) electrons. The minimum atomic E-state index is -0.656. The van der Waals surface area contributed by atoms with Gasteiger partial charge in [0.05, 0.1) is 0 Å². The van der Waals surface area contributed by atoms with Gasteiger partial charge in [0.2, 0.25) is 5.75 Å². The molecule has 0 saturated heterocycles. The monoisotopic (exact) mass is 270 g/mol. The SMILES string of the molecule is C=CC(=O)Oc1c(O)cccc1OCc1ccccc1. The van der Waals surface area contributed by atoms with Crippen LogP contribution in [0.2, 0.25) is 0 Å². The summed E-state index contributed by atoms with van der Waals surface area (Å²) in [5.41, 5.74) is 0.969. The van der Waals surface area contributed by atoms with Crippen molar-refractivity contribution in [2.45, 2.75) is 6.61 Å². The van der Waals surface area contributed by atoms with Gasteiger partial charge in [0.15, 0.2) is 11.5 Å². The number of hydrogen-bond acceptors (Lipinski definition) is 4. The van der Waals surface area contributed by atoms with Crippen LogP contribution in [0.5, 0.6) is 17.2 Å². The van der Waals surface area contributed by atoms with Gasteiger partial charge in [-0.15, -0.1) is 0 Å². The van der Waals surface area contributed by atoms with Crippen LogP contribution in [0.1, 0.15) is 5.56 Å². The van der Waals surface area contributed by atoms with Gasteiger partial charge in [-0.1, -0.05) is 43.0 Å². The highest BCUT2D eigenvalue weighted by Gasteiger charge is 2.13. The van der Waals surface area contributed by atoms with Crippen molar-refractivity contribution < 1.29 is 19.4 Å². The van der Waals surface area contributed by atoms with E-state index in [0.29, 0.717) is 12.4 Å². The first-order chi connectivity index (χ1) is 9.70. The Morgan fingerprint density at radius 2 is 1.90 bits per heavy atom. The molecule has 0 fully saturated rings. The molecule has 0 aliphatic rings. The summed E-state index contributed by atoms with van der Waals surface area (Å²) < 4.78 is 10.6. The molecule has 0 aliphatic carbocycles. The van der Waals surface area contributed by atoms with Crippen LogP contribution in [-0.2, 0) is 11.4 Å². The maximum Gasteiger partial charge on any atom is 0.335 e. The third-order valence-corrected chi connectivity index (χ3v) is 2.56. The largest absolute Gasteiger partial charge is 0.504 e. The molecule has 0 amide bonds. The van der Waals surface area contributed by atoms with E-state index in [1.54, 1.807) is 12.1 Å². The zero-order valence-corrected chi connectivity index (χ0v) is 10.8. The Labute approximate surface area is 116 Å². The fourth-order valence-corrected chi connectivity index (χ4v) is 1.60. The number of esters is 1. The standard InChI is InChI=1S/C16H14O4/c1-2-15(18)20-16-13(17)9-6-10-14(16)19-11-12-7-4-3-5-8-12/h2-10,17H,1,11H2. The zero-order valence-electron chi connectivity index (χ0n) is 10.8. The molecule has 4 heteroatoms. The van der Waals surface area contributed by atoms with Crippen molar-refractivity contribution in [3.8, 4) is 17.2 Å². The van der Waals surface area contributed by atoms with E-state index in [1.807, 2.05) is 30.3 Å². The van der Waals surface area contributed by atoms with E-state index in [1.165, 1.54) is 6.07 Å². The Bertz CT molecular complexity index is 605. The molecule has 0 unspecified atom stereocenters. The summed E-state index contributed by atoms with van der Waals surface area (Å²) in [6.45, 7) is 3.62. The highest BCUT2D eigenvalue weighted by atomic mass is 16.6. The molecule has 1 N–H and O–H groups in total. The van der Waals surface area contributed by atoms with Crippen molar-refractivity contribution in [1.82, 2.24) is 0 Å². The maximum atomic E-state index is 11.3. The van der Waals surface area contributed by atoms with Crippen molar-refractivity contribution in [2.75, 3.05) is 0 Å². The molecule has 0 spiro atoms. The molecule has 0 aliphatic heterocycles. The highest BCUT2D eigenvalue weighted by Crippen LogP contribution is 2.36. The van der Waals surface area contributed by atoms with E-state index >= 15 is 0 Å². The fourth-order valence-electron chi connectivity index (χ4n) is 1.60. The van der Waals surface area contributed by atoms with Gasteiger partial charge in [0.1, 0.15) is 6.61 Å². The van der Waals surface area contributed by atoms with Crippen LogP contribution in [0.4, 0.5) is 0 Å². The highest BCUT2D eigenvalue weighted by molar-refractivity contribution is 5.84. The number of benzene rings is 2. The summed E-state index contributed by atoms with van der Waals surface area (Å²) >= 11 is 0. The van der Waals surface area contributed by atoms with Gasteiger partial charge in [-0.05, 0) is 17.7 Å². The van der Waals surface area contributed by atoms with Gasteiger partial charge in [0, 0.05) is 6.08 Å². The Morgan fingerprint density at radius 3 is 2.60 bits per heavy atom. The van der Waals surface area contributed by atoms with Crippen LogP contribution >= 0.6 is 0 Å². The Morgan fingerprint density at radius 1 is 1.15 bits per heavy atom. The van der Waals surface area contributed by atoms with Crippen LogP contribution in [0.3, 0.4) is 0 Å². The molecule has 102 valence electrons. The lowest BCUT2D eigenvalue weighted by molar-refractivity contribution is -0.129. The number of carbonyl (C=O) groups is 1. The number of hydrogen-bond donors (Lipinski definition) is 1. The number of ether oxygens (including phenoxy) is 2. The van der Waals surface area contributed by atoms with Crippen LogP contribution < -0.4 is 9.47 Å². The van der Waals surface area contributed by atoms with E-state index in [0.717, 1.165) is 11.6 Å². The minimum Gasteiger partial charge on any atom is -0.504 e. The average molecular weight is 270 g/mol. The summed E-state index contributed by atoms with van der Waals surface area (Å²) in [7, 11) is 0. The first-order valence-corrected chi connectivity index (χ1v) is 6.03. The average Bonchev–Trinajstić information content (AvgIpc) is 2.48. The van der Waals surface area contributed by atoms with Crippen LogP contribution in [0, 0.1) is 0 Å². The van der Waals surface area contributed by atoms with E-state index in [-0.39, 0.29) is 11.5 Å². The van der Waals surface area contributed by atoms with Crippen molar-refractivity contribution >= 4 is 5.97 Å². The Balaban J connectivity index is 2.16. The lowest BCUT2D eigenvalue weighted by atomic mass is 10.2. The summed E-state index contributed by atoms with van der Waals surface area (Å²) in [5.74, 6) is -0.529. The van der Waals surface area contributed by atoms with E-state index in [2.05, 4.69) is 6.58 Å².